The minimum Gasteiger partial charge on any atom is -0.372 e. The summed E-state index contributed by atoms with van der Waals surface area (Å²) in [6.07, 6.45) is 7.58. The second-order valence-electron chi connectivity index (χ2n) is 7.72. The molecule has 2 aliphatic heterocycles. The lowest BCUT2D eigenvalue weighted by atomic mass is 9.93. The molecule has 2 rings (SSSR count). The predicted octanol–water partition coefficient (Wildman–Crippen LogP) is 5.61. The van der Waals surface area contributed by atoms with E-state index in [1.807, 2.05) is 6.92 Å². The molecule has 2 saturated heterocycles. The van der Waals surface area contributed by atoms with Gasteiger partial charge < -0.3 is 27.4 Å². The average Bonchev–Trinajstić information content (AvgIpc) is 2.65. The molecule has 26 heavy (non-hydrogen) atoms. The number of hydrogen-bond donors (Lipinski definition) is 0. The highest BCUT2D eigenvalue weighted by Crippen LogP contribution is 2.54. The minimum absolute atomic E-state index is 0.0152. The van der Waals surface area contributed by atoms with Gasteiger partial charge in [0.05, 0.1) is 38.4 Å². The molecule has 0 saturated carbocycles. The van der Waals surface area contributed by atoms with Gasteiger partial charge in [-0.25, -0.2) is 0 Å². The molecule has 1 atom stereocenters. The molecule has 154 valence electrons. The van der Waals surface area contributed by atoms with Crippen molar-refractivity contribution in [3.05, 3.63) is 0 Å². The molecule has 8 heteroatoms. The number of rotatable bonds is 11. The van der Waals surface area contributed by atoms with Crippen molar-refractivity contribution in [2.75, 3.05) is 40.1 Å². The summed E-state index contributed by atoms with van der Waals surface area (Å²) in [5.74, 6) is 0.805. The molecule has 0 aromatic heterocycles. The SMILES string of the molecule is COC(C)P1OCC2(COP(OCCCCCCCC(C)C)OC2)CO1. The first kappa shape index (κ1) is 22.9. The number of ether oxygens (including phenoxy) is 1. The summed E-state index contributed by atoms with van der Waals surface area (Å²) in [7, 11) is -0.519. The molecule has 2 aliphatic rings. The molecule has 1 unspecified atom stereocenters. The maximum atomic E-state index is 5.84. The molecule has 0 amide bonds. The Morgan fingerprint density at radius 2 is 1.42 bits per heavy atom. The van der Waals surface area contributed by atoms with Crippen molar-refractivity contribution in [2.24, 2.45) is 11.3 Å². The standard InChI is InChI=1S/C18H36O6P2/c1-16(2)10-8-6-5-7-9-11-20-26-23-14-18(15-24-26)12-21-25(22-13-18)17(3)19-4/h16-17H,5-15H2,1-4H3. The van der Waals surface area contributed by atoms with Crippen molar-refractivity contribution in [3.63, 3.8) is 0 Å². The number of unbranched alkanes of at least 4 members (excludes halogenated alkanes) is 4. The predicted molar refractivity (Wildman–Crippen MR) is 105 cm³/mol. The number of methoxy groups -OCH3 is 1. The molecule has 0 aliphatic carbocycles. The van der Waals surface area contributed by atoms with E-state index in [9.17, 15) is 0 Å². The molecule has 0 N–H and O–H groups in total. The molecular formula is C18H36O6P2. The van der Waals surface area contributed by atoms with Gasteiger partial charge in [-0.3, -0.25) is 0 Å². The Labute approximate surface area is 161 Å². The maximum Gasteiger partial charge on any atom is 0.332 e. The summed E-state index contributed by atoms with van der Waals surface area (Å²) in [5, 5.41) is 0. The second kappa shape index (κ2) is 12.2. The van der Waals surface area contributed by atoms with Gasteiger partial charge in [0.2, 0.25) is 8.38 Å². The van der Waals surface area contributed by atoms with Gasteiger partial charge in [0, 0.05) is 7.11 Å². The topological polar surface area (TPSA) is 55.4 Å². The smallest absolute Gasteiger partial charge is 0.332 e. The van der Waals surface area contributed by atoms with E-state index >= 15 is 0 Å². The van der Waals surface area contributed by atoms with Crippen molar-refractivity contribution in [1.29, 1.82) is 0 Å². The Morgan fingerprint density at radius 1 is 0.846 bits per heavy atom. The Bertz CT molecular complexity index is 367. The third-order valence-electron chi connectivity index (χ3n) is 4.71. The van der Waals surface area contributed by atoms with Gasteiger partial charge in [-0.1, -0.05) is 46.0 Å². The van der Waals surface area contributed by atoms with Crippen LogP contribution in [0.2, 0.25) is 0 Å². The second-order valence-corrected chi connectivity index (χ2v) is 10.8. The summed E-state index contributed by atoms with van der Waals surface area (Å²) in [6, 6.07) is 0. The van der Waals surface area contributed by atoms with Crippen LogP contribution in [-0.4, -0.2) is 46.0 Å². The molecule has 0 aromatic rings. The summed E-state index contributed by atoms with van der Waals surface area (Å²) in [5.41, 5.74) is -0.203. The van der Waals surface area contributed by atoms with Gasteiger partial charge in [-0.05, 0) is 19.3 Å². The highest BCUT2D eigenvalue weighted by atomic mass is 31.2. The molecule has 0 radical (unpaired) electrons. The lowest BCUT2D eigenvalue weighted by molar-refractivity contribution is -0.0699. The van der Waals surface area contributed by atoms with Crippen molar-refractivity contribution in [1.82, 2.24) is 0 Å². The van der Waals surface area contributed by atoms with E-state index in [4.69, 9.17) is 27.4 Å². The van der Waals surface area contributed by atoms with Gasteiger partial charge in [-0.2, -0.15) is 0 Å². The van der Waals surface area contributed by atoms with Crippen LogP contribution in [0.15, 0.2) is 0 Å². The third-order valence-corrected chi connectivity index (χ3v) is 7.35. The highest BCUT2D eigenvalue weighted by Gasteiger charge is 2.44. The summed E-state index contributed by atoms with van der Waals surface area (Å²) < 4.78 is 34.3. The lowest BCUT2D eigenvalue weighted by Crippen LogP contribution is -2.45. The van der Waals surface area contributed by atoms with Crippen LogP contribution in [0, 0.1) is 11.3 Å². The molecule has 2 fully saturated rings. The van der Waals surface area contributed by atoms with E-state index in [1.54, 1.807) is 7.11 Å². The lowest BCUT2D eigenvalue weighted by Gasteiger charge is -2.42. The Balaban J connectivity index is 1.50. The zero-order valence-corrected chi connectivity index (χ0v) is 18.6. The fourth-order valence-corrected chi connectivity index (χ4v) is 5.53. The highest BCUT2D eigenvalue weighted by molar-refractivity contribution is 7.47. The first-order valence-electron chi connectivity index (χ1n) is 9.81. The van der Waals surface area contributed by atoms with Crippen molar-refractivity contribution >= 4 is 17.0 Å². The monoisotopic (exact) mass is 410 g/mol. The van der Waals surface area contributed by atoms with Crippen LogP contribution in [0.3, 0.4) is 0 Å². The molecule has 6 nitrogen and oxygen atoms in total. The van der Waals surface area contributed by atoms with Crippen LogP contribution in [0.5, 0.6) is 0 Å². The molecular weight excluding hydrogens is 374 g/mol. The minimum atomic E-state index is -1.22. The van der Waals surface area contributed by atoms with Crippen LogP contribution < -0.4 is 0 Å². The molecule has 0 aromatic carbocycles. The van der Waals surface area contributed by atoms with Crippen LogP contribution in [0.1, 0.15) is 59.3 Å². The number of hydrogen-bond acceptors (Lipinski definition) is 6. The first-order chi connectivity index (χ1) is 12.5. The van der Waals surface area contributed by atoms with E-state index in [0.29, 0.717) is 33.0 Å². The normalized spacial score (nSPS) is 30.8. The van der Waals surface area contributed by atoms with Crippen LogP contribution in [0.4, 0.5) is 0 Å². The maximum absolute atomic E-state index is 5.84. The third kappa shape index (κ3) is 7.93. The largest absolute Gasteiger partial charge is 0.372 e. The fourth-order valence-electron chi connectivity index (χ4n) is 2.80. The van der Waals surface area contributed by atoms with Crippen LogP contribution >= 0.6 is 17.0 Å². The van der Waals surface area contributed by atoms with Crippen LogP contribution in [0.25, 0.3) is 0 Å². The van der Waals surface area contributed by atoms with Gasteiger partial charge >= 0.3 is 8.60 Å². The van der Waals surface area contributed by atoms with Gasteiger partial charge in [-0.15, -0.1) is 0 Å². The fraction of sp³-hybridized carbons (Fsp3) is 1.00. The van der Waals surface area contributed by atoms with Crippen LogP contribution in [-0.2, 0) is 27.4 Å². The quantitative estimate of drug-likeness (QED) is 0.326. The molecule has 0 bridgehead atoms. The molecule has 1 spiro atoms. The summed E-state index contributed by atoms with van der Waals surface area (Å²) in [6.45, 7) is 9.57. The zero-order chi connectivity index (χ0) is 18.8. The van der Waals surface area contributed by atoms with E-state index in [0.717, 1.165) is 12.3 Å². The average molecular weight is 410 g/mol. The molecule has 2 heterocycles. The summed E-state index contributed by atoms with van der Waals surface area (Å²) >= 11 is 0. The van der Waals surface area contributed by atoms with E-state index in [2.05, 4.69) is 13.8 Å². The van der Waals surface area contributed by atoms with E-state index in [-0.39, 0.29) is 11.3 Å². The van der Waals surface area contributed by atoms with Gasteiger partial charge in [0.15, 0.2) is 0 Å². The Morgan fingerprint density at radius 3 is 2.04 bits per heavy atom. The van der Waals surface area contributed by atoms with Gasteiger partial charge in [0.25, 0.3) is 0 Å². The Kier molecular flexibility index (Phi) is 10.8. The zero-order valence-electron chi connectivity index (χ0n) is 16.8. The van der Waals surface area contributed by atoms with Crippen molar-refractivity contribution in [3.8, 4) is 0 Å². The van der Waals surface area contributed by atoms with Gasteiger partial charge in [0.1, 0.15) is 5.85 Å². The van der Waals surface area contributed by atoms with E-state index in [1.165, 1.54) is 32.1 Å². The van der Waals surface area contributed by atoms with E-state index < -0.39 is 17.0 Å². The first-order valence-corrected chi connectivity index (χ1v) is 12.2. The van der Waals surface area contributed by atoms with Crippen molar-refractivity contribution < 1.29 is 27.4 Å². The Hall–Kier alpha value is 0.620. The van der Waals surface area contributed by atoms with Crippen molar-refractivity contribution in [2.45, 2.75) is 65.1 Å². The summed E-state index contributed by atoms with van der Waals surface area (Å²) in [4.78, 5) is 0.